The molecule has 11 rings (SSSR count). The summed E-state index contributed by atoms with van der Waals surface area (Å²) in [6.45, 7) is 8.85. The topological polar surface area (TPSA) is 284 Å². The maximum Gasteiger partial charge on any atom is 0.269 e. The minimum Gasteiger partial charge on any atom is -0.493 e. The molecule has 3 atom stereocenters. The number of nitriles is 1. The number of hydrogen-bond donors (Lipinski definition) is 4. The van der Waals surface area contributed by atoms with Crippen molar-refractivity contribution in [1.29, 1.82) is 5.26 Å². The number of aliphatic hydroxyl groups is 2. The number of ether oxygens (including phenoxy) is 11. The molecule has 0 spiro atoms. The summed E-state index contributed by atoms with van der Waals surface area (Å²) in [7, 11) is 3.09. The number of methoxy groups -OCH3 is 2. The predicted molar refractivity (Wildman–Crippen MR) is 332 cm³/mol. The number of aliphatic hydroxyl groups excluding tert-OH is 2. The molecule has 3 unspecified atom stereocenters. The van der Waals surface area contributed by atoms with Crippen molar-refractivity contribution in [1.82, 2.24) is 14.8 Å². The highest BCUT2D eigenvalue weighted by molar-refractivity contribution is 6.36. The van der Waals surface area contributed by atoms with E-state index in [1.807, 2.05) is 72.8 Å². The van der Waals surface area contributed by atoms with Crippen molar-refractivity contribution in [3.05, 3.63) is 185 Å². The van der Waals surface area contributed by atoms with E-state index in [0.717, 1.165) is 44.3 Å². The summed E-state index contributed by atoms with van der Waals surface area (Å²) in [5.74, 6) is 6.58. The van der Waals surface area contributed by atoms with E-state index in [-0.39, 0.29) is 25.0 Å². The van der Waals surface area contributed by atoms with E-state index >= 15 is 0 Å². The number of hydrogen-bond acceptors (Lipinski definition) is 21. The maximum atomic E-state index is 10.7. The summed E-state index contributed by atoms with van der Waals surface area (Å²) < 4.78 is 60.7. The van der Waals surface area contributed by atoms with Crippen LogP contribution < -0.4 is 49.4 Å². The van der Waals surface area contributed by atoms with E-state index in [0.29, 0.717) is 131 Å². The van der Waals surface area contributed by atoms with Crippen LogP contribution in [0.15, 0.2) is 164 Å². The van der Waals surface area contributed by atoms with Crippen molar-refractivity contribution in [3.63, 3.8) is 0 Å². The predicted octanol–water partition coefficient (Wildman–Crippen LogP) is 10.2. The van der Waals surface area contributed by atoms with E-state index in [1.54, 1.807) is 80.9 Å². The van der Waals surface area contributed by atoms with Gasteiger partial charge in [0.25, 0.3) is 5.69 Å². The molecule has 4 heterocycles. The average molecular weight is 1220 g/mol. The molecule has 23 heteroatoms. The zero-order valence-corrected chi connectivity index (χ0v) is 49.4. The summed E-state index contributed by atoms with van der Waals surface area (Å²) >= 11 is 6.11. The zero-order chi connectivity index (χ0) is 62.0. The molecular weight excluding hydrogens is 1150 g/mol. The molecule has 3 saturated heterocycles. The Morgan fingerprint density at radius 2 is 1.02 bits per heavy atom. The molecule has 88 heavy (non-hydrogen) atoms. The van der Waals surface area contributed by atoms with Crippen LogP contribution in [0.2, 0.25) is 5.02 Å². The standard InChI is InChI=1S/C19H22N2O6.C19H24N2O4.C15H15NO3.C12H9ClN2O2/c22-16(13-20-9-11-25-12-10-20)14-26-18-3-1-2-4-19(18)27-17-7-5-15(6-8-17)21(23)24;20-15-5-7-17(8-6-15)25-19-4-2-1-3-18(19)24-14-16(22)13-21-9-11-23-12-10-21;16-11-5-7-12(8-6-11)19-15-4-2-1-3-14(15)18-10-13-9-17-13;1-16-10-3-8-9(4-11(10)17-2)15-6-7(5-14)12(8)13/h1-8,16,22H,9-14H2;1-8,16,22H,9-14,20H2;1-8,13H,9-10,16H2;3-4,6H,1-2H3. The number of β-amino-alcohol motifs (C(OH)–C–C–N with tert-alkyl or cyclic N) is 2. The molecule has 3 fully saturated rings. The third-order valence-electron chi connectivity index (χ3n) is 13.3. The number of epoxide rings is 1. The summed E-state index contributed by atoms with van der Waals surface area (Å²) in [6, 6.07) is 47.8. The molecule has 22 nitrogen and oxygen atoms in total. The first-order valence-corrected chi connectivity index (χ1v) is 28.5. The van der Waals surface area contributed by atoms with Gasteiger partial charge in [-0.1, -0.05) is 48.0 Å². The van der Waals surface area contributed by atoms with Crippen LogP contribution in [0.25, 0.3) is 10.9 Å². The van der Waals surface area contributed by atoms with Crippen molar-refractivity contribution >= 4 is 39.6 Å². The molecule has 0 radical (unpaired) electrons. The first-order chi connectivity index (χ1) is 42.8. The van der Waals surface area contributed by atoms with Gasteiger partial charge >= 0.3 is 0 Å². The second-order valence-corrected chi connectivity index (χ2v) is 20.3. The van der Waals surface area contributed by atoms with Crippen LogP contribution in [0, 0.1) is 21.4 Å². The summed E-state index contributed by atoms with van der Waals surface area (Å²) in [6.07, 6.45) is 0.471. The summed E-state index contributed by atoms with van der Waals surface area (Å²) in [4.78, 5) is 18.7. The van der Waals surface area contributed by atoms with Gasteiger partial charge < -0.3 is 73.8 Å². The van der Waals surface area contributed by atoms with Crippen LogP contribution in [0.4, 0.5) is 17.1 Å². The Bertz CT molecular complexity index is 3490. The number of anilines is 2. The third-order valence-corrected chi connectivity index (χ3v) is 13.7. The van der Waals surface area contributed by atoms with Gasteiger partial charge in [-0.2, -0.15) is 5.26 Å². The fourth-order valence-electron chi connectivity index (χ4n) is 8.60. The van der Waals surface area contributed by atoms with E-state index in [9.17, 15) is 20.3 Å². The van der Waals surface area contributed by atoms with Gasteiger partial charge in [-0.05, 0) is 103 Å². The molecule has 3 aliphatic rings. The van der Waals surface area contributed by atoms with Gasteiger partial charge in [0.1, 0.15) is 61.5 Å². The minimum atomic E-state index is -0.629. The second-order valence-electron chi connectivity index (χ2n) is 19.9. The monoisotopic (exact) mass is 1220 g/mol. The first-order valence-electron chi connectivity index (χ1n) is 28.2. The number of nitro groups is 1. The number of rotatable bonds is 22. The number of non-ortho nitro benzene ring substituents is 1. The van der Waals surface area contributed by atoms with Gasteiger partial charge in [0, 0.05) is 80.4 Å². The lowest BCUT2D eigenvalue weighted by atomic mass is 10.1. The molecule has 7 aromatic carbocycles. The molecule has 0 saturated carbocycles. The van der Waals surface area contributed by atoms with Gasteiger partial charge in [-0.15, -0.1) is 0 Å². The molecule has 0 amide bonds. The molecule has 6 N–H and O–H groups in total. The van der Waals surface area contributed by atoms with E-state index in [4.69, 9.17) is 80.4 Å². The Morgan fingerprint density at radius 3 is 1.42 bits per heavy atom. The molecule has 0 aliphatic carbocycles. The van der Waals surface area contributed by atoms with E-state index in [2.05, 4.69) is 14.8 Å². The van der Waals surface area contributed by atoms with Gasteiger partial charge in [0.15, 0.2) is 46.0 Å². The molecule has 462 valence electrons. The van der Waals surface area contributed by atoms with Crippen LogP contribution >= 0.6 is 11.6 Å². The lowest BCUT2D eigenvalue weighted by Gasteiger charge is -2.28. The van der Waals surface area contributed by atoms with Crippen LogP contribution in [0.5, 0.6) is 63.2 Å². The molecule has 1 aromatic heterocycles. The average Bonchev–Trinajstić information content (AvgIpc) is 3.59. The third kappa shape index (κ3) is 20.5. The Balaban J connectivity index is 0.000000154. The van der Waals surface area contributed by atoms with E-state index < -0.39 is 17.1 Å². The van der Waals surface area contributed by atoms with E-state index in [1.165, 1.54) is 30.5 Å². The lowest BCUT2D eigenvalue weighted by molar-refractivity contribution is -0.384. The highest BCUT2D eigenvalue weighted by Gasteiger charge is 2.24. The Morgan fingerprint density at radius 1 is 0.625 bits per heavy atom. The zero-order valence-electron chi connectivity index (χ0n) is 48.7. The lowest BCUT2D eigenvalue weighted by Crippen LogP contribution is -2.42. The van der Waals surface area contributed by atoms with Crippen LogP contribution in [-0.2, 0) is 14.2 Å². The van der Waals surface area contributed by atoms with Crippen LogP contribution in [0.1, 0.15) is 5.56 Å². The quantitative estimate of drug-likeness (QED) is 0.0212. The van der Waals surface area contributed by atoms with Crippen LogP contribution in [0.3, 0.4) is 0 Å². The Kier molecular flexibility index (Phi) is 24.8. The number of nitro benzene ring substituents is 1. The number of nitrogens with two attached hydrogens (primary N) is 2. The highest BCUT2D eigenvalue weighted by Crippen LogP contribution is 2.37. The van der Waals surface area contributed by atoms with Crippen LogP contribution in [-0.4, -0.2) is 155 Å². The fourth-order valence-corrected chi connectivity index (χ4v) is 8.84. The Labute approximate surface area is 514 Å². The Hall–Kier alpha value is -9.15. The van der Waals surface area contributed by atoms with Gasteiger partial charge in [0.05, 0.1) is 68.3 Å². The number of nitrogen functional groups attached to an aromatic ring is 2. The van der Waals surface area contributed by atoms with Gasteiger partial charge in [-0.25, -0.2) is 0 Å². The number of aromatic nitrogens is 1. The number of para-hydroxylation sites is 6. The van der Waals surface area contributed by atoms with Crippen molar-refractivity contribution in [2.75, 3.05) is 118 Å². The second kappa shape index (κ2) is 33.7. The largest absolute Gasteiger partial charge is 0.493 e. The first kappa shape index (κ1) is 64.8. The minimum absolute atomic E-state index is 0.00174. The number of fused-ring (bicyclic) bond motifs is 1. The molecular formula is C65H70ClN7O15. The molecule has 3 aliphatic heterocycles. The van der Waals surface area contributed by atoms with Crippen molar-refractivity contribution in [2.24, 2.45) is 0 Å². The number of pyridine rings is 1. The smallest absolute Gasteiger partial charge is 0.269 e. The number of benzene rings is 7. The maximum absolute atomic E-state index is 10.7. The highest BCUT2D eigenvalue weighted by atomic mass is 35.5. The van der Waals surface area contributed by atoms with Crippen molar-refractivity contribution in [2.45, 2.75) is 18.3 Å². The fraction of sp³-hybridized carbons (Fsp3) is 0.292. The van der Waals surface area contributed by atoms with Gasteiger partial charge in [-0.3, -0.25) is 24.9 Å². The number of halogens is 1. The summed E-state index contributed by atoms with van der Waals surface area (Å²) in [5, 5.41) is 41.1. The molecule has 0 bridgehead atoms. The number of morpholine rings is 2. The molecule has 8 aromatic rings. The van der Waals surface area contributed by atoms with Crippen molar-refractivity contribution < 1.29 is 67.2 Å². The van der Waals surface area contributed by atoms with Crippen molar-refractivity contribution in [3.8, 4) is 69.3 Å². The van der Waals surface area contributed by atoms with Gasteiger partial charge in [0.2, 0.25) is 0 Å². The summed E-state index contributed by atoms with van der Waals surface area (Å²) in [5.41, 5.74) is 13.7. The number of nitrogens with zero attached hydrogens (tertiary/aromatic N) is 5. The normalized spacial score (nSPS) is 15.1. The SMILES string of the molecule is COc1cc2ncc(C#N)c(Cl)c2cc1OC.Nc1ccc(Oc2ccccc2OCC(O)CN2CCOCC2)cc1.Nc1ccc(Oc2ccccc2OCC2CO2)cc1.O=[N+]([O-])c1ccc(Oc2ccccc2OCC(O)CN2CCOCC2)cc1.